The highest BCUT2D eigenvalue weighted by Crippen LogP contribution is 2.27. The van der Waals surface area contributed by atoms with Gasteiger partial charge in [0.2, 0.25) is 0 Å². The van der Waals surface area contributed by atoms with Crippen LogP contribution in [0.5, 0.6) is 0 Å². The Morgan fingerprint density at radius 3 is 3.21 bits per heavy atom. The molecule has 1 fully saturated rings. The SMILES string of the molecule is CCN(CC1CCCO1)c1nc2sccn2c1CCl. The number of halogens is 1. The lowest BCUT2D eigenvalue weighted by Crippen LogP contribution is -2.32. The van der Waals surface area contributed by atoms with Crippen LogP contribution in [-0.4, -0.2) is 35.2 Å². The van der Waals surface area contributed by atoms with Crippen LogP contribution in [-0.2, 0) is 10.6 Å². The first kappa shape index (κ1) is 13.2. The Morgan fingerprint density at radius 2 is 2.53 bits per heavy atom. The summed E-state index contributed by atoms with van der Waals surface area (Å²) in [5, 5.41) is 2.04. The Labute approximate surface area is 121 Å². The zero-order chi connectivity index (χ0) is 13.2. The number of likely N-dealkylation sites (N-methyl/N-ethyl adjacent to an activating group) is 1. The summed E-state index contributed by atoms with van der Waals surface area (Å²) in [4.78, 5) is 8.02. The Morgan fingerprint density at radius 1 is 1.63 bits per heavy atom. The minimum atomic E-state index is 0.336. The van der Waals surface area contributed by atoms with Crippen molar-refractivity contribution in [2.24, 2.45) is 0 Å². The Bertz CT molecular complexity index is 547. The zero-order valence-corrected chi connectivity index (χ0v) is 12.6. The summed E-state index contributed by atoms with van der Waals surface area (Å²) >= 11 is 7.76. The van der Waals surface area contributed by atoms with E-state index in [-0.39, 0.29) is 0 Å². The number of alkyl halides is 1. The third kappa shape index (κ3) is 2.47. The average Bonchev–Trinajstić information content (AvgIpc) is 3.11. The minimum absolute atomic E-state index is 0.336. The summed E-state index contributed by atoms with van der Waals surface area (Å²) in [6.07, 6.45) is 4.69. The van der Waals surface area contributed by atoms with Crippen LogP contribution in [0.3, 0.4) is 0 Å². The first-order valence-electron chi connectivity index (χ1n) is 6.70. The molecule has 19 heavy (non-hydrogen) atoms. The molecule has 1 unspecified atom stereocenters. The van der Waals surface area contributed by atoms with Gasteiger partial charge in [-0.15, -0.1) is 22.9 Å². The zero-order valence-electron chi connectivity index (χ0n) is 11.0. The molecular formula is C13H18ClN3OS. The highest BCUT2D eigenvalue weighted by atomic mass is 35.5. The summed E-state index contributed by atoms with van der Waals surface area (Å²) < 4.78 is 7.82. The molecule has 0 saturated carbocycles. The number of imidazole rings is 1. The normalized spacial score (nSPS) is 19.4. The van der Waals surface area contributed by atoms with Crippen molar-refractivity contribution in [1.29, 1.82) is 0 Å². The van der Waals surface area contributed by atoms with Crippen molar-refractivity contribution in [2.45, 2.75) is 31.7 Å². The Balaban J connectivity index is 1.88. The highest BCUT2D eigenvalue weighted by molar-refractivity contribution is 7.15. The number of ether oxygens (including phenoxy) is 1. The van der Waals surface area contributed by atoms with Crippen LogP contribution >= 0.6 is 22.9 Å². The highest BCUT2D eigenvalue weighted by Gasteiger charge is 2.23. The van der Waals surface area contributed by atoms with Crippen LogP contribution in [0, 0.1) is 0 Å². The van der Waals surface area contributed by atoms with Gasteiger partial charge in [-0.25, -0.2) is 4.98 Å². The predicted molar refractivity (Wildman–Crippen MR) is 79.5 cm³/mol. The Hall–Kier alpha value is -0.780. The molecule has 0 N–H and O–H groups in total. The van der Waals surface area contributed by atoms with Gasteiger partial charge in [0, 0.05) is 31.3 Å². The van der Waals surface area contributed by atoms with Gasteiger partial charge >= 0.3 is 0 Å². The summed E-state index contributed by atoms with van der Waals surface area (Å²) in [5.41, 5.74) is 1.08. The van der Waals surface area contributed by atoms with Crippen molar-refractivity contribution in [2.75, 3.05) is 24.6 Å². The maximum absolute atomic E-state index is 6.11. The fraction of sp³-hybridized carbons (Fsp3) is 0.615. The number of thiazole rings is 1. The van der Waals surface area contributed by atoms with E-state index in [9.17, 15) is 0 Å². The van der Waals surface area contributed by atoms with Crippen molar-refractivity contribution in [1.82, 2.24) is 9.38 Å². The molecule has 0 radical (unpaired) electrons. The number of fused-ring (bicyclic) bond motifs is 1. The second-order valence-electron chi connectivity index (χ2n) is 4.74. The van der Waals surface area contributed by atoms with E-state index in [1.54, 1.807) is 11.3 Å². The standard InChI is InChI=1S/C13H18ClN3OS/c1-2-16(9-10-4-3-6-18-10)12-11(8-14)17-5-7-19-13(17)15-12/h5,7,10H,2-4,6,8-9H2,1H3. The summed E-state index contributed by atoms with van der Waals surface area (Å²) in [6, 6.07) is 0. The van der Waals surface area contributed by atoms with Gasteiger partial charge in [-0.05, 0) is 19.8 Å². The molecule has 0 amide bonds. The minimum Gasteiger partial charge on any atom is -0.376 e. The molecule has 1 aliphatic rings. The molecule has 2 aromatic heterocycles. The van der Waals surface area contributed by atoms with E-state index >= 15 is 0 Å². The smallest absolute Gasteiger partial charge is 0.195 e. The summed E-state index contributed by atoms with van der Waals surface area (Å²) in [7, 11) is 0. The van der Waals surface area contributed by atoms with Gasteiger partial charge in [0.25, 0.3) is 0 Å². The van der Waals surface area contributed by atoms with Crippen molar-refractivity contribution >= 4 is 33.7 Å². The third-order valence-corrected chi connectivity index (χ3v) is 4.61. The van der Waals surface area contributed by atoms with E-state index in [1.807, 2.05) is 11.6 Å². The molecule has 1 atom stereocenters. The van der Waals surface area contributed by atoms with Gasteiger partial charge in [0.05, 0.1) is 17.7 Å². The fourth-order valence-electron chi connectivity index (χ4n) is 2.60. The molecule has 1 saturated heterocycles. The number of aromatic nitrogens is 2. The van der Waals surface area contributed by atoms with E-state index in [1.165, 1.54) is 6.42 Å². The van der Waals surface area contributed by atoms with Gasteiger partial charge in [-0.1, -0.05) is 0 Å². The van der Waals surface area contributed by atoms with Crippen LogP contribution in [0.4, 0.5) is 5.82 Å². The van der Waals surface area contributed by atoms with Crippen LogP contribution in [0.25, 0.3) is 4.96 Å². The molecule has 3 rings (SSSR count). The van der Waals surface area contributed by atoms with E-state index in [0.29, 0.717) is 12.0 Å². The second-order valence-corrected chi connectivity index (χ2v) is 5.89. The molecular weight excluding hydrogens is 282 g/mol. The maximum atomic E-state index is 6.11. The topological polar surface area (TPSA) is 29.8 Å². The van der Waals surface area contributed by atoms with Crippen LogP contribution < -0.4 is 4.90 Å². The fourth-order valence-corrected chi connectivity index (χ4v) is 3.57. The molecule has 6 heteroatoms. The predicted octanol–water partition coefficient (Wildman–Crippen LogP) is 3.14. The number of hydrogen-bond acceptors (Lipinski definition) is 4. The van der Waals surface area contributed by atoms with Gasteiger partial charge in [0.15, 0.2) is 10.8 Å². The van der Waals surface area contributed by atoms with E-state index in [0.717, 1.165) is 42.6 Å². The van der Waals surface area contributed by atoms with Crippen molar-refractivity contribution in [3.05, 3.63) is 17.3 Å². The second kappa shape index (κ2) is 5.69. The van der Waals surface area contributed by atoms with Gasteiger partial charge in [-0.3, -0.25) is 4.40 Å². The van der Waals surface area contributed by atoms with E-state index in [2.05, 4.69) is 16.2 Å². The first-order chi connectivity index (χ1) is 9.33. The molecule has 3 heterocycles. The van der Waals surface area contributed by atoms with Crippen molar-refractivity contribution in [3.63, 3.8) is 0 Å². The first-order valence-corrected chi connectivity index (χ1v) is 8.11. The molecule has 0 bridgehead atoms. The monoisotopic (exact) mass is 299 g/mol. The average molecular weight is 300 g/mol. The lowest BCUT2D eigenvalue weighted by atomic mass is 10.2. The third-order valence-electron chi connectivity index (χ3n) is 3.60. The Kier molecular flexibility index (Phi) is 3.96. The van der Waals surface area contributed by atoms with E-state index in [4.69, 9.17) is 21.3 Å². The molecule has 4 nitrogen and oxygen atoms in total. The van der Waals surface area contributed by atoms with Gasteiger partial charge in [0.1, 0.15) is 0 Å². The molecule has 0 aliphatic carbocycles. The van der Waals surface area contributed by atoms with Crippen LogP contribution in [0.1, 0.15) is 25.5 Å². The largest absolute Gasteiger partial charge is 0.376 e. The van der Waals surface area contributed by atoms with Crippen molar-refractivity contribution in [3.8, 4) is 0 Å². The van der Waals surface area contributed by atoms with E-state index < -0.39 is 0 Å². The summed E-state index contributed by atoms with van der Waals surface area (Å²) in [5.74, 6) is 1.50. The van der Waals surface area contributed by atoms with Crippen molar-refractivity contribution < 1.29 is 4.74 Å². The maximum Gasteiger partial charge on any atom is 0.195 e. The van der Waals surface area contributed by atoms with Gasteiger partial charge in [-0.2, -0.15) is 0 Å². The molecule has 2 aromatic rings. The van der Waals surface area contributed by atoms with Crippen LogP contribution in [0.2, 0.25) is 0 Å². The molecule has 1 aliphatic heterocycles. The molecule has 0 aromatic carbocycles. The van der Waals surface area contributed by atoms with Crippen LogP contribution in [0.15, 0.2) is 11.6 Å². The lowest BCUT2D eigenvalue weighted by molar-refractivity contribution is 0.115. The van der Waals surface area contributed by atoms with Gasteiger partial charge < -0.3 is 9.64 Å². The number of hydrogen-bond donors (Lipinski definition) is 0. The number of nitrogens with zero attached hydrogens (tertiary/aromatic N) is 3. The molecule has 0 spiro atoms. The number of anilines is 1. The molecule has 104 valence electrons. The number of rotatable bonds is 5. The quantitative estimate of drug-likeness (QED) is 0.795. The summed E-state index contributed by atoms with van der Waals surface area (Å²) in [6.45, 7) is 4.88. The lowest BCUT2D eigenvalue weighted by Gasteiger charge is -2.24.